The van der Waals surface area contributed by atoms with E-state index in [2.05, 4.69) is 25.1 Å². The van der Waals surface area contributed by atoms with E-state index in [1.807, 2.05) is 26.0 Å². The maximum Gasteiger partial charge on any atom is 0.414 e. The number of H-pyrrole nitrogens is 2. The van der Waals surface area contributed by atoms with E-state index in [1.54, 1.807) is 42.5 Å². The summed E-state index contributed by atoms with van der Waals surface area (Å²) in [7, 11) is 0. The van der Waals surface area contributed by atoms with Gasteiger partial charge in [-0.3, -0.25) is 4.79 Å². The van der Waals surface area contributed by atoms with Gasteiger partial charge in [0.05, 0.1) is 22.1 Å². The Morgan fingerprint density at radius 2 is 1.77 bits per heavy atom. The number of carbonyl (C=O) groups is 1. The maximum absolute atomic E-state index is 15.0. The topological polar surface area (TPSA) is 118 Å². The molecule has 0 spiro atoms. The summed E-state index contributed by atoms with van der Waals surface area (Å²) in [4.78, 5) is 35.0. The molecule has 2 heterocycles. The van der Waals surface area contributed by atoms with Crippen LogP contribution in [0.1, 0.15) is 25.1 Å². The molecule has 39 heavy (non-hydrogen) atoms. The first-order chi connectivity index (χ1) is 18.9. The Hall–Kier alpha value is -4.57. The number of hydrogen-bond acceptors (Lipinski definition) is 5. The molecule has 1 amide bonds. The number of imidazole rings is 1. The van der Waals surface area contributed by atoms with Gasteiger partial charge in [-0.2, -0.15) is 5.10 Å². The monoisotopic (exact) mass is 528 g/mol. The number of hydrogen-bond donors (Lipinski definition) is 3. The van der Waals surface area contributed by atoms with Crippen LogP contribution in [0.4, 0.5) is 15.1 Å². The van der Waals surface area contributed by atoms with Crippen molar-refractivity contribution in [2.24, 2.45) is 0 Å². The third kappa shape index (κ3) is 5.37. The zero-order valence-electron chi connectivity index (χ0n) is 21.7. The van der Waals surface area contributed by atoms with E-state index in [-0.39, 0.29) is 23.9 Å². The van der Waals surface area contributed by atoms with Crippen molar-refractivity contribution in [3.63, 3.8) is 0 Å². The van der Waals surface area contributed by atoms with Crippen LogP contribution in [-0.2, 0) is 6.42 Å². The van der Waals surface area contributed by atoms with Crippen LogP contribution in [0.15, 0.2) is 65.5 Å². The van der Waals surface area contributed by atoms with Crippen molar-refractivity contribution in [2.45, 2.75) is 20.3 Å². The van der Waals surface area contributed by atoms with E-state index in [4.69, 9.17) is 0 Å². The van der Waals surface area contributed by atoms with Crippen molar-refractivity contribution in [1.29, 1.82) is 0 Å². The molecule has 10 heteroatoms. The number of fused-ring (bicyclic) bond motifs is 2. The highest BCUT2D eigenvalue weighted by molar-refractivity contribution is 5.89. The predicted octanol–water partition coefficient (Wildman–Crippen LogP) is 5.02. The Kier molecular flexibility index (Phi) is 7.38. The van der Waals surface area contributed by atoms with E-state index < -0.39 is 6.09 Å². The highest BCUT2D eigenvalue weighted by atomic mass is 19.1. The van der Waals surface area contributed by atoms with Crippen LogP contribution in [0, 0.1) is 5.82 Å². The Morgan fingerprint density at radius 1 is 1.00 bits per heavy atom. The van der Waals surface area contributed by atoms with Gasteiger partial charge in [0.15, 0.2) is 0 Å². The zero-order valence-corrected chi connectivity index (χ0v) is 21.7. The molecule has 0 radical (unpaired) electrons. The maximum atomic E-state index is 15.0. The number of amides is 1. The lowest BCUT2D eigenvalue weighted by Gasteiger charge is -2.22. The SMILES string of the molecule is CCN(CC)CCN(C(=O)O)c1nc2ccc(-c3cc(Cc4n[nH]c(=O)c5ccccc45)ccc3F)cc2[nH]1. The van der Waals surface area contributed by atoms with Crippen LogP contribution >= 0.6 is 0 Å². The number of likely N-dealkylation sites (N-methyl/N-ethyl adjacent to an activating group) is 1. The summed E-state index contributed by atoms with van der Waals surface area (Å²) in [5, 5.41) is 17.9. The summed E-state index contributed by atoms with van der Waals surface area (Å²) < 4.78 is 15.0. The number of carboxylic acid groups (broad SMARTS) is 1. The van der Waals surface area contributed by atoms with Gasteiger partial charge >= 0.3 is 6.09 Å². The fourth-order valence-electron chi connectivity index (χ4n) is 4.77. The van der Waals surface area contributed by atoms with Gasteiger partial charge in [-0.15, -0.1) is 0 Å². The van der Waals surface area contributed by atoms with Crippen LogP contribution in [-0.4, -0.2) is 62.4 Å². The first-order valence-electron chi connectivity index (χ1n) is 12.9. The van der Waals surface area contributed by atoms with Gasteiger partial charge in [0, 0.05) is 30.5 Å². The fraction of sp³-hybridized carbons (Fsp3) is 0.241. The van der Waals surface area contributed by atoms with Crippen molar-refractivity contribution in [2.75, 3.05) is 31.1 Å². The number of halogens is 1. The third-order valence-corrected chi connectivity index (χ3v) is 6.98. The molecule has 0 aliphatic heterocycles. The standard InChI is InChI=1S/C29H29FN6O3/c1-3-35(4-2)13-14-36(29(38)39)28-31-24-12-10-19(17-26(24)32-28)22-15-18(9-11-23(22)30)16-25-20-7-5-6-8-21(20)27(37)34-33-25/h5-12,15,17H,3-4,13-14,16H2,1-2H3,(H,31,32)(H,34,37)(H,38,39). The van der Waals surface area contributed by atoms with Gasteiger partial charge < -0.3 is 15.0 Å². The number of aromatic nitrogens is 4. The molecule has 0 aliphatic carbocycles. The Bertz CT molecular complexity index is 1710. The molecule has 200 valence electrons. The van der Waals surface area contributed by atoms with Crippen LogP contribution in [0.25, 0.3) is 32.9 Å². The Morgan fingerprint density at radius 3 is 2.51 bits per heavy atom. The number of nitrogens with zero attached hydrogens (tertiary/aromatic N) is 4. The van der Waals surface area contributed by atoms with Crippen molar-refractivity contribution < 1.29 is 14.3 Å². The molecule has 0 atom stereocenters. The average molecular weight is 529 g/mol. The summed E-state index contributed by atoms with van der Waals surface area (Å²) in [6.45, 7) is 6.57. The summed E-state index contributed by atoms with van der Waals surface area (Å²) in [6, 6.07) is 17.4. The number of rotatable bonds is 9. The molecule has 3 N–H and O–H groups in total. The number of anilines is 1. The van der Waals surface area contributed by atoms with E-state index in [0.717, 1.165) is 24.0 Å². The number of aromatic amines is 2. The molecule has 0 saturated carbocycles. The normalized spacial score (nSPS) is 11.5. The third-order valence-electron chi connectivity index (χ3n) is 6.98. The summed E-state index contributed by atoms with van der Waals surface area (Å²) >= 11 is 0. The first kappa shape index (κ1) is 26.1. The average Bonchev–Trinajstić information content (AvgIpc) is 3.36. The minimum Gasteiger partial charge on any atom is -0.465 e. The highest BCUT2D eigenvalue weighted by Gasteiger charge is 2.20. The molecule has 3 aromatic carbocycles. The van der Waals surface area contributed by atoms with Gasteiger partial charge in [-0.25, -0.2) is 24.2 Å². The lowest BCUT2D eigenvalue weighted by atomic mass is 9.98. The van der Waals surface area contributed by atoms with Crippen LogP contribution in [0.3, 0.4) is 0 Å². The second kappa shape index (κ2) is 11.0. The molecular formula is C29H29FN6O3. The zero-order chi connectivity index (χ0) is 27.5. The quantitative estimate of drug-likeness (QED) is 0.247. The van der Waals surface area contributed by atoms with E-state index in [1.165, 1.54) is 11.0 Å². The molecular weight excluding hydrogens is 499 g/mol. The van der Waals surface area contributed by atoms with Gasteiger partial charge in [-0.1, -0.05) is 44.2 Å². The molecule has 5 aromatic rings. The molecule has 0 fully saturated rings. The summed E-state index contributed by atoms with van der Waals surface area (Å²) in [5.41, 5.74) is 3.48. The largest absolute Gasteiger partial charge is 0.465 e. The number of nitrogens with one attached hydrogen (secondary N) is 2. The lowest BCUT2D eigenvalue weighted by molar-refractivity contribution is 0.199. The minimum absolute atomic E-state index is 0.229. The lowest BCUT2D eigenvalue weighted by Crippen LogP contribution is -2.38. The van der Waals surface area contributed by atoms with Gasteiger partial charge in [0.2, 0.25) is 5.95 Å². The molecule has 0 unspecified atom stereocenters. The van der Waals surface area contributed by atoms with Gasteiger partial charge in [-0.05, 0) is 54.5 Å². The molecule has 0 bridgehead atoms. The van der Waals surface area contributed by atoms with Crippen LogP contribution in [0.5, 0.6) is 0 Å². The second-order valence-corrected chi connectivity index (χ2v) is 9.29. The van der Waals surface area contributed by atoms with Gasteiger partial charge in [0.25, 0.3) is 5.56 Å². The van der Waals surface area contributed by atoms with E-state index in [0.29, 0.717) is 46.2 Å². The molecule has 5 rings (SSSR count). The van der Waals surface area contributed by atoms with Crippen molar-refractivity contribution in [3.05, 3.63) is 88.1 Å². The summed E-state index contributed by atoms with van der Waals surface area (Å²) in [6.07, 6.45) is -0.690. The fourth-order valence-corrected chi connectivity index (χ4v) is 4.77. The van der Waals surface area contributed by atoms with Crippen molar-refractivity contribution in [1.82, 2.24) is 25.1 Å². The van der Waals surface area contributed by atoms with E-state index in [9.17, 15) is 14.7 Å². The molecule has 2 aromatic heterocycles. The minimum atomic E-state index is -1.09. The van der Waals surface area contributed by atoms with Crippen LogP contribution < -0.4 is 10.5 Å². The predicted molar refractivity (Wildman–Crippen MR) is 150 cm³/mol. The molecule has 0 saturated heterocycles. The molecule has 0 aliphatic rings. The Balaban J connectivity index is 1.45. The Labute approximate surface area is 223 Å². The smallest absolute Gasteiger partial charge is 0.414 e. The van der Waals surface area contributed by atoms with Crippen molar-refractivity contribution in [3.8, 4) is 11.1 Å². The first-order valence-corrected chi connectivity index (χ1v) is 12.9. The highest BCUT2D eigenvalue weighted by Crippen LogP contribution is 2.29. The van der Waals surface area contributed by atoms with E-state index >= 15 is 4.39 Å². The van der Waals surface area contributed by atoms with Crippen molar-refractivity contribution >= 4 is 33.8 Å². The molecule has 9 nitrogen and oxygen atoms in total. The van der Waals surface area contributed by atoms with Crippen LogP contribution in [0.2, 0.25) is 0 Å². The summed E-state index contributed by atoms with van der Waals surface area (Å²) in [5.74, 6) is -0.157. The second-order valence-electron chi connectivity index (χ2n) is 9.29. The van der Waals surface area contributed by atoms with Gasteiger partial charge in [0.1, 0.15) is 5.82 Å². The number of benzene rings is 3.